The Morgan fingerprint density at radius 2 is 2.09 bits per heavy atom. The first-order valence-corrected chi connectivity index (χ1v) is 7.26. The van der Waals surface area contributed by atoms with Crippen molar-refractivity contribution in [3.05, 3.63) is 65.4 Å². The van der Waals surface area contributed by atoms with Gasteiger partial charge in [-0.15, -0.1) is 0 Å². The van der Waals surface area contributed by atoms with Gasteiger partial charge in [0, 0.05) is 29.3 Å². The van der Waals surface area contributed by atoms with Crippen molar-refractivity contribution in [2.45, 2.75) is 6.42 Å². The first-order valence-electron chi connectivity index (χ1n) is 7.26. The molecule has 0 atom stereocenters. The highest BCUT2D eigenvalue weighted by atomic mass is 16.5. The first-order chi connectivity index (χ1) is 11.2. The first kappa shape index (κ1) is 13.6. The predicted octanol–water partition coefficient (Wildman–Crippen LogP) is 3.15. The van der Waals surface area contributed by atoms with Crippen LogP contribution < -0.4 is 4.74 Å². The number of hydrogen-bond donors (Lipinski definition) is 1. The number of ether oxygens (including phenoxy) is 1. The molecular formula is C18H14N2O3. The smallest absolute Gasteiger partial charge is 0.335 e. The summed E-state index contributed by atoms with van der Waals surface area (Å²) in [5.74, 6) is -0.0680. The lowest BCUT2D eigenvalue weighted by Crippen LogP contribution is -2.01. The van der Waals surface area contributed by atoms with Crippen molar-refractivity contribution >= 4 is 5.97 Å². The van der Waals surface area contributed by atoms with Crippen LogP contribution in [0.3, 0.4) is 0 Å². The molecule has 0 spiro atoms. The monoisotopic (exact) mass is 306 g/mol. The van der Waals surface area contributed by atoms with E-state index in [1.807, 2.05) is 30.5 Å². The molecule has 0 fully saturated rings. The van der Waals surface area contributed by atoms with E-state index in [-0.39, 0.29) is 5.56 Å². The van der Waals surface area contributed by atoms with Crippen LogP contribution in [0.4, 0.5) is 0 Å². The van der Waals surface area contributed by atoms with Gasteiger partial charge in [0.2, 0.25) is 0 Å². The summed E-state index contributed by atoms with van der Waals surface area (Å²) < 4.78 is 7.15. The van der Waals surface area contributed by atoms with E-state index in [1.54, 1.807) is 30.0 Å². The van der Waals surface area contributed by atoms with Crippen LogP contribution in [0.15, 0.2) is 48.7 Å². The van der Waals surface area contributed by atoms with Gasteiger partial charge in [0.05, 0.1) is 24.1 Å². The van der Waals surface area contributed by atoms with Crippen LogP contribution >= 0.6 is 0 Å². The van der Waals surface area contributed by atoms with Crippen molar-refractivity contribution in [2.75, 3.05) is 7.11 Å². The number of aromatic carboxylic acids is 1. The lowest BCUT2D eigenvalue weighted by molar-refractivity contribution is 0.0697. The zero-order chi connectivity index (χ0) is 16.0. The summed E-state index contributed by atoms with van der Waals surface area (Å²) in [6, 6.07) is 12.7. The molecule has 0 saturated carbocycles. The normalized spacial score (nSPS) is 11.9. The van der Waals surface area contributed by atoms with Crippen LogP contribution in [0.5, 0.6) is 5.75 Å². The molecule has 5 heteroatoms. The molecule has 0 aliphatic heterocycles. The highest BCUT2D eigenvalue weighted by Gasteiger charge is 2.25. The van der Waals surface area contributed by atoms with Crippen molar-refractivity contribution in [3.63, 3.8) is 0 Å². The number of nitrogens with zero attached hydrogens (tertiary/aromatic N) is 2. The Morgan fingerprint density at radius 1 is 1.26 bits per heavy atom. The fraction of sp³-hybridized carbons (Fsp3) is 0.111. The standard InChI is InChI=1S/C18H14N2O3/c1-23-16-7-3-6-14-15(16)9-12-10-20(19-17(12)14)13-5-2-4-11(8-13)18(21)22/h2-8,10H,9H2,1H3,(H,21,22). The highest BCUT2D eigenvalue weighted by molar-refractivity contribution is 5.88. The van der Waals surface area contributed by atoms with Crippen molar-refractivity contribution in [2.24, 2.45) is 0 Å². The molecule has 0 bridgehead atoms. The largest absolute Gasteiger partial charge is 0.496 e. The Morgan fingerprint density at radius 3 is 2.87 bits per heavy atom. The maximum Gasteiger partial charge on any atom is 0.335 e. The second-order valence-electron chi connectivity index (χ2n) is 5.47. The van der Waals surface area contributed by atoms with E-state index >= 15 is 0 Å². The van der Waals surface area contributed by atoms with Gasteiger partial charge in [-0.25, -0.2) is 9.48 Å². The number of carboxylic acid groups (broad SMARTS) is 1. The molecule has 0 unspecified atom stereocenters. The molecule has 1 heterocycles. The van der Waals surface area contributed by atoms with Gasteiger partial charge in [0.25, 0.3) is 0 Å². The third kappa shape index (κ3) is 2.09. The molecule has 3 aromatic rings. The fourth-order valence-electron chi connectivity index (χ4n) is 3.03. The Bertz CT molecular complexity index is 928. The van der Waals surface area contributed by atoms with E-state index in [2.05, 4.69) is 5.10 Å². The maximum atomic E-state index is 11.1. The van der Waals surface area contributed by atoms with Crippen molar-refractivity contribution in [1.29, 1.82) is 0 Å². The number of fused-ring (bicyclic) bond motifs is 3. The lowest BCUT2D eigenvalue weighted by Gasteiger charge is -2.07. The number of rotatable bonds is 3. The second-order valence-corrected chi connectivity index (χ2v) is 5.47. The average molecular weight is 306 g/mol. The number of carbonyl (C=O) groups is 1. The Hall–Kier alpha value is -3.08. The molecule has 0 amide bonds. The van der Waals surface area contributed by atoms with Crippen LogP contribution in [-0.2, 0) is 6.42 Å². The summed E-state index contributed by atoms with van der Waals surface area (Å²) in [5.41, 5.74) is 5.26. The topological polar surface area (TPSA) is 64.3 Å². The van der Waals surface area contributed by atoms with Gasteiger partial charge in [-0.2, -0.15) is 5.10 Å². The minimum Gasteiger partial charge on any atom is -0.496 e. The number of benzene rings is 2. The van der Waals surface area contributed by atoms with Gasteiger partial charge in [0.1, 0.15) is 5.75 Å². The van der Waals surface area contributed by atoms with Crippen molar-refractivity contribution < 1.29 is 14.6 Å². The lowest BCUT2D eigenvalue weighted by atomic mass is 10.1. The minimum atomic E-state index is -0.943. The molecule has 0 radical (unpaired) electrons. The molecular weight excluding hydrogens is 292 g/mol. The van der Waals surface area contributed by atoms with E-state index in [0.29, 0.717) is 0 Å². The number of aromatic nitrogens is 2. The van der Waals surface area contributed by atoms with Crippen LogP contribution in [0.2, 0.25) is 0 Å². The third-order valence-electron chi connectivity index (χ3n) is 4.12. The zero-order valence-corrected chi connectivity index (χ0v) is 12.5. The van der Waals surface area contributed by atoms with E-state index in [9.17, 15) is 4.79 Å². The average Bonchev–Trinajstić information content (AvgIpc) is 3.12. The third-order valence-corrected chi connectivity index (χ3v) is 4.12. The molecule has 4 rings (SSSR count). The Labute approximate surface area is 132 Å². The van der Waals surface area contributed by atoms with Crippen molar-refractivity contribution in [1.82, 2.24) is 9.78 Å². The van der Waals surface area contributed by atoms with Crippen LogP contribution in [0, 0.1) is 0 Å². The van der Waals surface area contributed by atoms with Crippen LogP contribution in [-0.4, -0.2) is 28.0 Å². The number of carboxylic acids is 1. The van der Waals surface area contributed by atoms with E-state index in [1.165, 1.54) is 0 Å². The predicted molar refractivity (Wildman–Crippen MR) is 85.3 cm³/mol. The van der Waals surface area contributed by atoms with Gasteiger partial charge in [0.15, 0.2) is 0 Å². The van der Waals surface area contributed by atoms with Crippen LogP contribution in [0.1, 0.15) is 21.5 Å². The zero-order valence-electron chi connectivity index (χ0n) is 12.5. The van der Waals surface area contributed by atoms with E-state index in [0.717, 1.165) is 40.2 Å². The summed E-state index contributed by atoms with van der Waals surface area (Å²) >= 11 is 0. The Balaban J connectivity index is 1.79. The maximum absolute atomic E-state index is 11.1. The van der Waals surface area contributed by atoms with Gasteiger partial charge in [-0.3, -0.25) is 0 Å². The summed E-state index contributed by atoms with van der Waals surface area (Å²) in [4.78, 5) is 11.1. The van der Waals surface area contributed by atoms with Crippen LogP contribution in [0.25, 0.3) is 16.9 Å². The fourth-order valence-corrected chi connectivity index (χ4v) is 3.03. The summed E-state index contributed by atoms with van der Waals surface area (Å²) in [7, 11) is 1.67. The molecule has 1 aromatic heterocycles. The van der Waals surface area contributed by atoms with Gasteiger partial charge in [-0.05, 0) is 24.3 Å². The number of hydrogen-bond acceptors (Lipinski definition) is 3. The molecule has 0 saturated heterocycles. The SMILES string of the molecule is COc1cccc2c1Cc1cn(-c3cccc(C(=O)O)c3)nc1-2. The second kappa shape index (κ2) is 4.98. The quantitative estimate of drug-likeness (QED) is 0.631. The Kier molecular flexibility index (Phi) is 2.94. The van der Waals surface area contributed by atoms with Gasteiger partial charge < -0.3 is 9.84 Å². The van der Waals surface area contributed by atoms with Crippen molar-refractivity contribution in [3.8, 4) is 22.7 Å². The molecule has 1 N–H and O–H groups in total. The molecule has 1 aliphatic rings. The summed E-state index contributed by atoms with van der Waals surface area (Å²) in [6.45, 7) is 0. The number of methoxy groups -OCH3 is 1. The molecule has 1 aliphatic carbocycles. The summed E-state index contributed by atoms with van der Waals surface area (Å²) in [6.07, 6.45) is 2.73. The van der Waals surface area contributed by atoms with E-state index in [4.69, 9.17) is 9.84 Å². The van der Waals surface area contributed by atoms with Gasteiger partial charge >= 0.3 is 5.97 Å². The highest BCUT2D eigenvalue weighted by Crippen LogP contribution is 2.40. The summed E-state index contributed by atoms with van der Waals surface area (Å²) in [5, 5.41) is 13.8. The van der Waals surface area contributed by atoms with Gasteiger partial charge in [-0.1, -0.05) is 18.2 Å². The minimum absolute atomic E-state index is 0.250. The van der Waals surface area contributed by atoms with E-state index < -0.39 is 5.97 Å². The molecule has 114 valence electrons. The molecule has 23 heavy (non-hydrogen) atoms. The molecule has 5 nitrogen and oxygen atoms in total. The molecule has 2 aromatic carbocycles.